The molecule has 2 rings (SSSR count). The van der Waals surface area contributed by atoms with Crippen LogP contribution in [0.1, 0.15) is 5.56 Å². The van der Waals surface area contributed by atoms with Crippen LogP contribution in [0.15, 0.2) is 48.5 Å². The molecule has 0 fully saturated rings. The number of primary amides is 1. The van der Waals surface area contributed by atoms with Gasteiger partial charge in [-0.3, -0.25) is 0 Å². The number of amides is 2. The third kappa shape index (κ3) is 2.64. The van der Waals surface area contributed by atoms with Crippen molar-refractivity contribution in [1.82, 2.24) is 0 Å². The second kappa shape index (κ2) is 4.70. The largest absolute Gasteiger partial charge is 0.351 e. The number of nitrogens with two attached hydrogens (primary N) is 1. The maximum absolute atomic E-state index is 10.7. The van der Waals surface area contributed by atoms with Crippen molar-refractivity contribution < 1.29 is 4.79 Å². The predicted octanol–water partition coefficient (Wildman–Crippen LogP) is 3.15. The van der Waals surface area contributed by atoms with Crippen molar-refractivity contribution in [3.05, 3.63) is 54.1 Å². The van der Waals surface area contributed by atoms with E-state index in [2.05, 4.69) is 17.4 Å². The van der Waals surface area contributed by atoms with E-state index in [1.54, 1.807) is 0 Å². The summed E-state index contributed by atoms with van der Waals surface area (Å²) >= 11 is 0. The summed E-state index contributed by atoms with van der Waals surface area (Å²) in [6, 6.07) is 15.3. The van der Waals surface area contributed by atoms with Gasteiger partial charge in [0.1, 0.15) is 0 Å². The molecule has 0 unspecified atom stereocenters. The molecule has 0 radical (unpaired) electrons. The number of hydrogen-bond acceptors (Lipinski definition) is 1. The average molecular weight is 226 g/mol. The minimum absolute atomic E-state index is 0.545. The molecule has 2 aromatic carbocycles. The van der Waals surface area contributed by atoms with E-state index in [9.17, 15) is 4.79 Å². The molecule has 0 spiro atoms. The Labute approximate surface area is 100 Å². The van der Waals surface area contributed by atoms with Gasteiger partial charge in [0.2, 0.25) is 0 Å². The van der Waals surface area contributed by atoms with Crippen molar-refractivity contribution in [1.29, 1.82) is 0 Å². The number of aryl methyl sites for hydroxylation is 1. The summed E-state index contributed by atoms with van der Waals surface area (Å²) in [5, 5.41) is 2.56. The summed E-state index contributed by atoms with van der Waals surface area (Å²) in [6.45, 7) is 2.01. The average Bonchev–Trinajstić information content (AvgIpc) is 2.29. The molecule has 0 heterocycles. The van der Waals surface area contributed by atoms with E-state index in [1.165, 1.54) is 0 Å². The van der Waals surface area contributed by atoms with Crippen LogP contribution in [0.25, 0.3) is 11.1 Å². The van der Waals surface area contributed by atoms with Crippen molar-refractivity contribution in [2.24, 2.45) is 5.73 Å². The summed E-state index contributed by atoms with van der Waals surface area (Å²) in [7, 11) is 0. The quantitative estimate of drug-likeness (QED) is 0.812. The lowest BCUT2D eigenvalue weighted by molar-refractivity contribution is 0.259. The fourth-order valence-corrected chi connectivity index (χ4v) is 1.83. The number of urea groups is 1. The van der Waals surface area contributed by atoms with Gasteiger partial charge in [-0.1, -0.05) is 36.4 Å². The topological polar surface area (TPSA) is 55.1 Å². The highest BCUT2D eigenvalue weighted by atomic mass is 16.2. The van der Waals surface area contributed by atoms with E-state index in [4.69, 9.17) is 5.73 Å². The molecule has 0 atom stereocenters. The number of carbonyl (C=O) groups excluding carboxylic acids is 1. The maximum Gasteiger partial charge on any atom is 0.316 e. The van der Waals surface area contributed by atoms with Crippen LogP contribution in [0.5, 0.6) is 0 Å². The van der Waals surface area contributed by atoms with Gasteiger partial charge >= 0.3 is 6.03 Å². The molecule has 2 amide bonds. The molecule has 0 aliphatic heterocycles. The molecule has 3 heteroatoms. The zero-order valence-corrected chi connectivity index (χ0v) is 9.60. The first-order valence-electron chi connectivity index (χ1n) is 5.39. The first-order valence-corrected chi connectivity index (χ1v) is 5.39. The SMILES string of the molecule is Cc1cc(NC(N)=O)ccc1-c1ccccc1. The molecule has 0 aliphatic rings. The Kier molecular flexibility index (Phi) is 3.10. The Morgan fingerprint density at radius 3 is 2.41 bits per heavy atom. The first-order chi connectivity index (χ1) is 8.16. The predicted molar refractivity (Wildman–Crippen MR) is 69.8 cm³/mol. The van der Waals surface area contributed by atoms with Crippen LogP contribution in [0.4, 0.5) is 10.5 Å². The Balaban J connectivity index is 2.35. The van der Waals surface area contributed by atoms with Crippen LogP contribution in [0.2, 0.25) is 0 Å². The molecule has 0 aromatic heterocycles. The van der Waals surface area contributed by atoms with Crippen LogP contribution in [-0.2, 0) is 0 Å². The van der Waals surface area contributed by atoms with Crippen molar-refractivity contribution in [3.8, 4) is 11.1 Å². The number of carbonyl (C=O) groups is 1. The minimum atomic E-state index is -0.545. The molecule has 0 saturated carbocycles. The Bertz CT molecular complexity index is 535. The molecular formula is C14H14N2O. The summed E-state index contributed by atoms with van der Waals surface area (Å²) < 4.78 is 0. The van der Waals surface area contributed by atoms with E-state index in [-0.39, 0.29) is 0 Å². The third-order valence-corrected chi connectivity index (χ3v) is 2.58. The second-order valence-electron chi connectivity index (χ2n) is 3.88. The fraction of sp³-hybridized carbons (Fsp3) is 0.0714. The summed E-state index contributed by atoms with van der Waals surface area (Å²) in [5.41, 5.74) is 9.21. The monoisotopic (exact) mass is 226 g/mol. The third-order valence-electron chi connectivity index (χ3n) is 2.58. The van der Waals surface area contributed by atoms with E-state index < -0.39 is 6.03 Å². The van der Waals surface area contributed by atoms with Crippen LogP contribution in [0, 0.1) is 6.92 Å². The zero-order chi connectivity index (χ0) is 12.3. The van der Waals surface area contributed by atoms with Gasteiger partial charge in [0.25, 0.3) is 0 Å². The highest BCUT2D eigenvalue weighted by molar-refractivity contribution is 5.88. The van der Waals surface area contributed by atoms with Crippen molar-refractivity contribution in [3.63, 3.8) is 0 Å². The van der Waals surface area contributed by atoms with Gasteiger partial charge in [-0.05, 0) is 35.7 Å². The highest BCUT2D eigenvalue weighted by Crippen LogP contribution is 2.25. The van der Waals surface area contributed by atoms with Crippen molar-refractivity contribution >= 4 is 11.7 Å². The summed E-state index contributed by atoms with van der Waals surface area (Å²) in [6.07, 6.45) is 0. The van der Waals surface area contributed by atoms with E-state index in [1.807, 2.05) is 43.3 Å². The maximum atomic E-state index is 10.7. The van der Waals surface area contributed by atoms with E-state index in [0.717, 1.165) is 22.4 Å². The molecule has 3 N–H and O–H groups in total. The lowest BCUT2D eigenvalue weighted by Gasteiger charge is -2.08. The molecule has 2 aromatic rings. The minimum Gasteiger partial charge on any atom is -0.351 e. The van der Waals surface area contributed by atoms with E-state index >= 15 is 0 Å². The van der Waals surface area contributed by atoms with Gasteiger partial charge in [0.15, 0.2) is 0 Å². The summed E-state index contributed by atoms with van der Waals surface area (Å²) in [4.78, 5) is 10.7. The molecule has 17 heavy (non-hydrogen) atoms. The van der Waals surface area contributed by atoms with Gasteiger partial charge in [-0.15, -0.1) is 0 Å². The first kappa shape index (κ1) is 11.2. The van der Waals surface area contributed by atoms with Crippen molar-refractivity contribution in [2.75, 3.05) is 5.32 Å². The smallest absolute Gasteiger partial charge is 0.316 e. The van der Waals surface area contributed by atoms with Gasteiger partial charge < -0.3 is 11.1 Å². The van der Waals surface area contributed by atoms with Crippen LogP contribution >= 0.6 is 0 Å². The lowest BCUT2D eigenvalue weighted by atomic mass is 10.0. The van der Waals surface area contributed by atoms with Crippen LogP contribution < -0.4 is 11.1 Å². The Morgan fingerprint density at radius 2 is 1.82 bits per heavy atom. The van der Waals surface area contributed by atoms with Gasteiger partial charge in [-0.2, -0.15) is 0 Å². The number of nitrogens with one attached hydrogen (secondary N) is 1. The molecule has 0 saturated heterocycles. The lowest BCUT2D eigenvalue weighted by Crippen LogP contribution is -2.19. The van der Waals surface area contributed by atoms with Gasteiger partial charge in [0, 0.05) is 5.69 Å². The van der Waals surface area contributed by atoms with E-state index in [0.29, 0.717) is 0 Å². The van der Waals surface area contributed by atoms with Crippen molar-refractivity contribution in [2.45, 2.75) is 6.92 Å². The number of benzene rings is 2. The molecule has 3 nitrogen and oxygen atoms in total. The normalized spacial score (nSPS) is 9.94. The molecule has 0 bridgehead atoms. The summed E-state index contributed by atoms with van der Waals surface area (Å²) in [5.74, 6) is 0. The fourth-order valence-electron chi connectivity index (χ4n) is 1.83. The number of hydrogen-bond donors (Lipinski definition) is 2. The molecule has 0 aliphatic carbocycles. The van der Waals surface area contributed by atoms with Crippen LogP contribution in [-0.4, -0.2) is 6.03 Å². The molecule has 86 valence electrons. The standard InChI is InChI=1S/C14H14N2O/c1-10-9-12(16-14(15)17)7-8-13(10)11-5-3-2-4-6-11/h2-9H,1H3,(H3,15,16,17). The molecular weight excluding hydrogens is 212 g/mol. The highest BCUT2D eigenvalue weighted by Gasteiger charge is 2.03. The van der Waals surface area contributed by atoms with Gasteiger partial charge in [-0.25, -0.2) is 4.79 Å². The number of rotatable bonds is 2. The van der Waals surface area contributed by atoms with Gasteiger partial charge in [0.05, 0.1) is 0 Å². The van der Waals surface area contributed by atoms with Crippen LogP contribution in [0.3, 0.4) is 0 Å². The zero-order valence-electron chi connectivity index (χ0n) is 9.60. The Hall–Kier alpha value is -2.29. The second-order valence-corrected chi connectivity index (χ2v) is 3.88. The Morgan fingerprint density at radius 1 is 1.12 bits per heavy atom. The number of anilines is 1.